The largest absolute Gasteiger partial charge is 0.492 e. The molecule has 1 heterocycles. The molecule has 0 atom stereocenters. The molecule has 5 nitrogen and oxygen atoms in total. The van der Waals surface area contributed by atoms with Crippen molar-refractivity contribution >= 4 is 5.96 Å². The van der Waals surface area contributed by atoms with Gasteiger partial charge in [0.15, 0.2) is 5.96 Å². The van der Waals surface area contributed by atoms with Gasteiger partial charge in [-0.25, -0.2) is 0 Å². The Morgan fingerprint density at radius 1 is 1.05 bits per heavy atom. The number of pyridine rings is 1. The summed E-state index contributed by atoms with van der Waals surface area (Å²) in [5.41, 5.74) is 1.07. The van der Waals surface area contributed by atoms with E-state index in [1.165, 1.54) is 0 Å². The highest BCUT2D eigenvalue weighted by atomic mass is 16.5. The molecule has 0 unspecified atom stereocenters. The van der Waals surface area contributed by atoms with Crippen LogP contribution < -0.4 is 15.4 Å². The first kappa shape index (κ1) is 15.8. The standard InChI is InChI=1S/C17H22N4O/c1-18-17(20-12-10-15-7-5-6-11-19-15)21-13-14-22-16-8-3-2-4-9-16/h2-9,11H,10,12-14H2,1H3,(H2,18,20,21). The average molecular weight is 298 g/mol. The van der Waals surface area contributed by atoms with Crippen molar-refractivity contribution < 1.29 is 4.74 Å². The van der Waals surface area contributed by atoms with Crippen molar-refractivity contribution in [2.75, 3.05) is 26.7 Å². The molecule has 0 aliphatic heterocycles. The van der Waals surface area contributed by atoms with Gasteiger partial charge in [-0.1, -0.05) is 24.3 Å². The third-order valence-corrected chi connectivity index (χ3v) is 3.03. The van der Waals surface area contributed by atoms with E-state index >= 15 is 0 Å². The van der Waals surface area contributed by atoms with E-state index in [0.717, 1.165) is 30.4 Å². The van der Waals surface area contributed by atoms with Crippen LogP contribution in [0, 0.1) is 0 Å². The molecule has 1 aromatic heterocycles. The van der Waals surface area contributed by atoms with Gasteiger partial charge >= 0.3 is 0 Å². The molecule has 0 spiro atoms. The lowest BCUT2D eigenvalue weighted by molar-refractivity contribution is 0.322. The Kier molecular flexibility index (Phi) is 6.75. The van der Waals surface area contributed by atoms with Crippen LogP contribution in [0.4, 0.5) is 0 Å². The maximum Gasteiger partial charge on any atom is 0.191 e. The quantitative estimate of drug-likeness (QED) is 0.465. The van der Waals surface area contributed by atoms with E-state index in [9.17, 15) is 0 Å². The minimum Gasteiger partial charge on any atom is -0.492 e. The van der Waals surface area contributed by atoms with Crippen LogP contribution in [0.5, 0.6) is 5.75 Å². The molecule has 0 aliphatic carbocycles. The monoisotopic (exact) mass is 298 g/mol. The lowest BCUT2D eigenvalue weighted by Crippen LogP contribution is -2.40. The Labute approximate surface area is 131 Å². The van der Waals surface area contributed by atoms with Crippen molar-refractivity contribution in [3.05, 3.63) is 60.4 Å². The summed E-state index contributed by atoms with van der Waals surface area (Å²) in [4.78, 5) is 8.47. The molecule has 0 fully saturated rings. The van der Waals surface area contributed by atoms with Gasteiger partial charge in [-0.3, -0.25) is 9.98 Å². The molecule has 116 valence electrons. The molecular formula is C17H22N4O. The second-order valence-electron chi connectivity index (χ2n) is 4.66. The van der Waals surface area contributed by atoms with Gasteiger partial charge in [-0.15, -0.1) is 0 Å². The second kappa shape index (κ2) is 9.39. The van der Waals surface area contributed by atoms with Gasteiger partial charge < -0.3 is 15.4 Å². The van der Waals surface area contributed by atoms with Crippen LogP contribution in [-0.2, 0) is 6.42 Å². The molecule has 1 aromatic carbocycles. The molecule has 0 aliphatic rings. The van der Waals surface area contributed by atoms with E-state index in [-0.39, 0.29) is 0 Å². The minimum absolute atomic E-state index is 0.588. The van der Waals surface area contributed by atoms with Gasteiger partial charge in [0.1, 0.15) is 12.4 Å². The Hall–Kier alpha value is -2.56. The topological polar surface area (TPSA) is 58.5 Å². The predicted molar refractivity (Wildman–Crippen MR) is 89.2 cm³/mol. The van der Waals surface area contributed by atoms with Crippen molar-refractivity contribution in [1.29, 1.82) is 0 Å². The number of hydrogen-bond donors (Lipinski definition) is 2. The Bertz CT molecular complexity index is 557. The third-order valence-electron chi connectivity index (χ3n) is 3.03. The van der Waals surface area contributed by atoms with E-state index in [4.69, 9.17) is 4.74 Å². The van der Waals surface area contributed by atoms with Gasteiger partial charge in [0, 0.05) is 31.9 Å². The van der Waals surface area contributed by atoms with Crippen molar-refractivity contribution in [2.24, 2.45) is 4.99 Å². The zero-order valence-electron chi connectivity index (χ0n) is 12.8. The number of nitrogens with one attached hydrogen (secondary N) is 2. The number of benzene rings is 1. The van der Waals surface area contributed by atoms with Crippen molar-refractivity contribution in [1.82, 2.24) is 15.6 Å². The van der Waals surface area contributed by atoms with E-state index < -0.39 is 0 Å². The summed E-state index contributed by atoms with van der Waals surface area (Å²) in [7, 11) is 1.76. The zero-order chi connectivity index (χ0) is 15.5. The maximum absolute atomic E-state index is 5.62. The van der Waals surface area contributed by atoms with Crippen LogP contribution in [-0.4, -0.2) is 37.7 Å². The Balaban J connectivity index is 1.61. The predicted octanol–water partition coefficient (Wildman–Crippen LogP) is 1.87. The molecule has 2 rings (SSSR count). The highest BCUT2D eigenvalue weighted by Gasteiger charge is 1.98. The fourth-order valence-corrected chi connectivity index (χ4v) is 1.93. The van der Waals surface area contributed by atoms with Crippen LogP contribution >= 0.6 is 0 Å². The fourth-order valence-electron chi connectivity index (χ4n) is 1.93. The molecule has 0 bridgehead atoms. The van der Waals surface area contributed by atoms with Crippen LogP contribution in [0.3, 0.4) is 0 Å². The molecule has 2 N–H and O–H groups in total. The average Bonchev–Trinajstić information content (AvgIpc) is 2.59. The van der Waals surface area contributed by atoms with Crippen LogP contribution in [0.1, 0.15) is 5.69 Å². The molecular weight excluding hydrogens is 276 g/mol. The lowest BCUT2D eigenvalue weighted by atomic mass is 10.3. The first-order valence-electron chi connectivity index (χ1n) is 7.41. The minimum atomic E-state index is 0.588. The molecule has 22 heavy (non-hydrogen) atoms. The van der Waals surface area contributed by atoms with E-state index in [2.05, 4.69) is 20.6 Å². The normalized spacial score (nSPS) is 11.0. The number of rotatable bonds is 7. The van der Waals surface area contributed by atoms with Gasteiger partial charge in [0.2, 0.25) is 0 Å². The number of aromatic nitrogens is 1. The van der Waals surface area contributed by atoms with Crippen LogP contribution in [0.15, 0.2) is 59.7 Å². The number of hydrogen-bond acceptors (Lipinski definition) is 3. The number of para-hydroxylation sites is 1. The number of nitrogens with zero attached hydrogens (tertiary/aromatic N) is 2. The highest BCUT2D eigenvalue weighted by molar-refractivity contribution is 5.79. The molecule has 0 amide bonds. The molecule has 5 heteroatoms. The summed E-state index contributed by atoms with van der Waals surface area (Å²) in [6.07, 6.45) is 2.67. The van der Waals surface area contributed by atoms with Gasteiger partial charge in [-0.05, 0) is 24.3 Å². The summed E-state index contributed by atoms with van der Waals surface area (Å²) >= 11 is 0. The molecule has 0 saturated carbocycles. The summed E-state index contributed by atoms with van der Waals surface area (Å²) in [5, 5.41) is 6.48. The lowest BCUT2D eigenvalue weighted by Gasteiger charge is -2.12. The van der Waals surface area contributed by atoms with E-state index in [0.29, 0.717) is 13.2 Å². The first-order chi connectivity index (χ1) is 10.9. The second-order valence-corrected chi connectivity index (χ2v) is 4.66. The SMILES string of the molecule is CN=C(NCCOc1ccccc1)NCCc1ccccn1. The summed E-state index contributed by atoms with van der Waals surface area (Å²) < 4.78 is 5.62. The van der Waals surface area contributed by atoms with Gasteiger partial charge in [0.25, 0.3) is 0 Å². The van der Waals surface area contributed by atoms with Crippen molar-refractivity contribution in [3.63, 3.8) is 0 Å². The maximum atomic E-state index is 5.62. The van der Waals surface area contributed by atoms with Crippen LogP contribution in [0.25, 0.3) is 0 Å². The van der Waals surface area contributed by atoms with Gasteiger partial charge in [0.05, 0.1) is 6.54 Å². The van der Waals surface area contributed by atoms with E-state index in [1.807, 2.05) is 54.7 Å². The van der Waals surface area contributed by atoms with Crippen molar-refractivity contribution in [2.45, 2.75) is 6.42 Å². The summed E-state index contributed by atoms with van der Waals surface area (Å²) in [6, 6.07) is 15.7. The van der Waals surface area contributed by atoms with E-state index in [1.54, 1.807) is 7.05 Å². The molecule has 0 saturated heterocycles. The zero-order valence-corrected chi connectivity index (χ0v) is 12.8. The third kappa shape index (κ3) is 5.83. The number of ether oxygens (including phenoxy) is 1. The van der Waals surface area contributed by atoms with Gasteiger partial charge in [-0.2, -0.15) is 0 Å². The first-order valence-corrected chi connectivity index (χ1v) is 7.41. The Morgan fingerprint density at radius 3 is 2.55 bits per heavy atom. The van der Waals surface area contributed by atoms with Crippen molar-refractivity contribution in [3.8, 4) is 5.75 Å². The number of aliphatic imine (C=N–C) groups is 1. The highest BCUT2D eigenvalue weighted by Crippen LogP contribution is 2.07. The van der Waals surface area contributed by atoms with Crippen LogP contribution in [0.2, 0.25) is 0 Å². The summed E-state index contributed by atoms with van der Waals surface area (Å²) in [6.45, 7) is 2.07. The molecule has 0 radical (unpaired) electrons. The summed E-state index contributed by atoms with van der Waals surface area (Å²) in [5.74, 6) is 1.65. The smallest absolute Gasteiger partial charge is 0.191 e. The molecule has 2 aromatic rings. The number of guanidine groups is 1. The Morgan fingerprint density at radius 2 is 1.82 bits per heavy atom. The fraction of sp³-hybridized carbons (Fsp3) is 0.294.